The van der Waals surface area contributed by atoms with Gasteiger partial charge >= 0.3 is 0 Å². The van der Waals surface area contributed by atoms with Crippen LogP contribution < -0.4 is 0 Å². The van der Waals surface area contributed by atoms with Crippen molar-refractivity contribution in [2.75, 3.05) is 6.54 Å². The van der Waals surface area contributed by atoms with Gasteiger partial charge in [-0.25, -0.2) is 0 Å². The number of amides is 1. The summed E-state index contributed by atoms with van der Waals surface area (Å²) in [6.07, 6.45) is 2.22. The summed E-state index contributed by atoms with van der Waals surface area (Å²) in [6, 6.07) is 10.6. The van der Waals surface area contributed by atoms with Crippen molar-refractivity contribution in [1.82, 2.24) is 4.90 Å². The Balaban J connectivity index is 0.000000606. The lowest BCUT2D eigenvalue weighted by molar-refractivity contribution is -0.129. The van der Waals surface area contributed by atoms with Gasteiger partial charge in [0.1, 0.15) is 0 Å². The highest BCUT2D eigenvalue weighted by Crippen LogP contribution is 2.31. The second-order valence-corrected chi connectivity index (χ2v) is 3.78. The number of likely N-dealkylation sites (tertiary alicyclic amines) is 1. The SMILES string of the molecule is CC.CC(=O)N1CCCC1c1ccccc1. The van der Waals surface area contributed by atoms with Crippen LogP contribution in [0.4, 0.5) is 0 Å². The van der Waals surface area contributed by atoms with Crippen LogP contribution >= 0.6 is 0 Å². The van der Waals surface area contributed by atoms with E-state index in [-0.39, 0.29) is 5.91 Å². The van der Waals surface area contributed by atoms with Crippen molar-refractivity contribution in [2.45, 2.75) is 39.7 Å². The van der Waals surface area contributed by atoms with Crippen LogP contribution in [0, 0.1) is 0 Å². The number of carbonyl (C=O) groups excluding carboxylic acids is 1. The summed E-state index contributed by atoms with van der Waals surface area (Å²) < 4.78 is 0. The molecule has 0 spiro atoms. The van der Waals surface area contributed by atoms with E-state index in [1.54, 1.807) is 6.92 Å². The van der Waals surface area contributed by atoms with Crippen molar-refractivity contribution >= 4 is 5.91 Å². The minimum atomic E-state index is 0.191. The molecule has 0 aliphatic carbocycles. The second-order valence-electron chi connectivity index (χ2n) is 3.78. The topological polar surface area (TPSA) is 20.3 Å². The molecule has 1 fully saturated rings. The van der Waals surface area contributed by atoms with Gasteiger partial charge in [-0.15, -0.1) is 0 Å². The highest BCUT2D eigenvalue weighted by Gasteiger charge is 2.27. The number of benzene rings is 1. The van der Waals surface area contributed by atoms with Crippen LogP contribution in [0.5, 0.6) is 0 Å². The molecule has 0 N–H and O–H groups in total. The number of nitrogens with zero attached hydrogens (tertiary/aromatic N) is 1. The van der Waals surface area contributed by atoms with Crippen molar-refractivity contribution in [1.29, 1.82) is 0 Å². The van der Waals surface area contributed by atoms with Crippen LogP contribution in [-0.4, -0.2) is 17.4 Å². The molecule has 1 saturated heterocycles. The molecule has 0 bridgehead atoms. The number of hydrogen-bond donors (Lipinski definition) is 0. The molecule has 2 heteroatoms. The Labute approximate surface area is 98.3 Å². The minimum absolute atomic E-state index is 0.191. The Morgan fingerprint density at radius 3 is 2.44 bits per heavy atom. The van der Waals surface area contributed by atoms with E-state index in [1.807, 2.05) is 36.9 Å². The normalized spacial score (nSPS) is 18.9. The molecule has 1 unspecified atom stereocenters. The molecule has 1 aromatic rings. The predicted octanol–water partition coefficient (Wildman–Crippen LogP) is 3.40. The molecular formula is C14H21NO. The molecule has 1 aliphatic rings. The first-order valence-electron chi connectivity index (χ1n) is 6.11. The van der Waals surface area contributed by atoms with E-state index in [0.717, 1.165) is 19.4 Å². The maximum Gasteiger partial charge on any atom is 0.219 e. The largest absolute Gasteiger partial charge is 0.336 e. The van der Waals surface area contributed by atoms with Crippen molar-refractivity contribution in [3.8, 4) is 0 Å². The molecule has 0 aromatic heterocycles. The third-order valence-corrected chi connectivity index (χ3v) is 2.84. The Morgan fingerprint density at radius 1 is 1.25 bits per heavy atom. The smallest absolute Gasteiger partial charge is 0.219 e. The molecule has 1 heterocycles. The monoisotopic (exact) mass is 219 g/mol. The summed E-state index contributed by atoms with van der Waals surface area (Å²) in [5.74, 6) is 0.191. The zero-order valence-electron chi connectivity index (χ0n) is 10.4. The number of hydrogen-bond acceptors (Lipinski definition) is 1. The van der Waals surface area contributed by atoms with Gasteiger partial charge in [-0.2, -0.15) is 0 Å². The molecule has 1 aliphatic heterocycles. The fourth-order valence-electron chi connectivity index (χ4n) is 2.17. The molecule has 1 amide bonds. The van der Waals surface area contributed by atoms with Gasteiger partial charge in [0.15, 0.2) is 0 Å². The maximum atomic E-state index is 11.4. The van der Waals surface area contributed by atoms with Gasteiger partial charge in [0.2, 0.25) is 5.91 Å². The van der Waals surface area contributed by atoms with Crippen molar-refractivity contribution < 1.29 is 4.79 Å². The lowest BCUT2D eigenvalue weighted by atomic mass is 10.0. The lowest BCUT2D eigenvalue weighted by Crippen LogP contribution is -2.27. The van der Waals surface area contributed by atoms with Crippen LogP contribution in [0.3, 0.4) is 0 Å². The van der Waals surface area contributed by atoms with E-state index in [1.165, 1.54) is 5.56 Å². The lowest BCUT2D eigenvalue weighted by Gasteiger charge is -2.23. The van der Waals surface area contributed by atoms with Gasteiger partial charge in [0, 0.05) is 13.5 Å². The van der Waals surface area contributed by atoms with Crippen molar-refractivity contribution in [3.05, 3.63) is 35.9 Å². The summed E-state index contributed by atoms with van der Waals surface area (Å²) in [7, 11) is 0. The second kappa shape index (κ2) is 6.31. The van der Waals surface area contributed by atoms with E-state index in [2.05, 4.69) is 12.1 Å². The summed E-state index contributed by atoms with van der Waals surface area (Å²) in [4.78, 5) is 13.3. The molecule has 0 saturated carbocycles. The van der Waals surface area contributed by atoms with Gasteiger partial charge in [0.25, 0.3) is 0 Å². The quantitative estimate of drug-likeness (QED) is 0.709. The van der Waals surface area contributed by atoms with Gasteiger partial charge in [-0.1, -0.05) is 44.2 Å². The fourth-order valence-corrected chi connectivity index (χ4v) is 2.17. The molecule has 16 heavy (non-hydrogen) atoms. The van der Waals surface area contributed by atoms with E-state index in [4.69, 9.17) is 0 Å². The number of carbonyl (C=O) groups is 1. The first-order valence-corrected chi connectivity index (χ1v) is 6.11. The van der Waals surface area contributed by atoms with Gasteiger partial charge in [-0.3, -0.25) is 4.79 Å². The Morgan fingerprint density at radius 2 is 1.88 bits per heavy atom. The van der Waals surface area contributed by atoms with Crippen LogP contribution in [0.1, 0.15) is 45.2 Å². The highest BCUT2D eigenvalue weighted by molar-refractivity contribution is 5.74. The summed E-state index contributed by atoms with van der Waals surface area (Å²) in [5.41, 5.74) is 1.26. The highest BCUT2D eigenvalue weighted by atomic mass is 16.2. The van der Waals surface area contributed by atoms with Gasteiger partial charge in [-0.05, 0) is 18.4 Å². The van der Waals surface area contributed by atoms with Crippen LogP contribution in [0.15, 0.2) is 30.3 Å². The Hall–Kier alpha value is -1.31. The third kappa shape index (κ3) is 2.84. The van der Waals surface area contributed by atoms with Gasteiger partial charge in [0.05, 0.1) is 6.04 Å². The average Bonchev–Trinajstić information content (AvgIpc) is 2.82. The van der Waals surface area contributed by atoms with Crippen molar-refractivity contribution in [3.63, 3.8) is 0 Å². The molecule has 88 valence electrons. The molecule has 2 nitrogen and oxygen atoms in total. The van der Waals surface area contributed by atoms with Gasteiger partial charge < -0.3 is 4.90 Å². The summed E-state index contributed by atoms with van der Waals surface area (Å²) in [5, 5.41) is 0. The zero-order valence-corrected chi connectivity index (χ0v) is 10.4. The molecular weight excluding hydrogens is 198 g/mol. The molecule has 0 radical (unpaired) electrons. The average molecular weight is 219 g/mol. The summed E-state index contributed by atoms with van der Waals surface area (Å²) in [6.45, 7) is 6.57. The van der Waals surface area contributed by atoms with Crippen molar-refractivity contribution in [2.24, 2.45) is 0 Å². The van der Waals surface area contributed by atoms with Crippen LogP contribution in [0.2, 0.25) is 0 Å². The Kier molecular flexibility index (Phi) is 5.03. The maximum absolute atomic E-state index is 11.4. The molecule has 1 aromatic carbocycles. The predicted molar refractivity (Wildman–Crippen MR) is 67.2 cm³/mol. The van der Waals surface area contributed by atoms with E-state index >= 15 is 0 Å². The first-order chi connectivity index (χ1) is 7.79. The van der Waals surface area contributed by atoms with E-state index in [0.29, 0.717) is 6.04 Å². The van der Waals surface area contributed by atoms with E-state index < -0.39 is 0 Å². The standard InChI is InChI=1S/C12H15NO.C2H6/c1-10(14)13-9-5-8-12(13)11-6-3-2-4-7-11;1-2/h2-4,6-7,12H,5,8-9H2,1H3;1-2H3. The minimum Gasteiger partial charge on any atom is -0.336 e. The summed E-state index contributed by atoms with van der Waals surface area (Å²) >= 11 is 0. The number of rotatable bonds is 1. The molecule has 1 atom stereocenters. The zero-order chi connectivity index (χ0) is 12.0. The fraction of sp³-hybridized carbons (Fsp3) is 0.500. The molecule has 2 rings (SSSR count). The van der Waals surface area contributed by atoms with Crippen LogP contribution in [0.25, 0.3) is 0 Å². The first kappa shape index (κ1) is 12.8. The Bertz CT molecular complexity index is 321. The van der Waals surface area contributed by atoms with Crippen LogP contribution in [-0.2, 0) is 4.79 Å². The van der Waals surface area contributed by atoms with E-state index in [9.17, 15) is 4.79 Å². The third-order valence-electron chi connectivity index (χ3n) is 2.84.